The van der Waals surface area contributed by atoms with Crippen LogP contribution >= 0.6 is 0 Å². The minimum atomic E-state index is -2.43. The van der Waals surface area contributed by atoms with E-state index in [4.69, 9.17) is 4.74 Å². The zero-order chi connectivity index (χ0) is 25.4. The van der Waals surface area contributed by atoms with Gasteiger partial charge in [0, 0.05) is 24.6 Å². The molecule has 0 aliphatic heterocycles. The maximum absolute atomic E-state index is 13.6. The molecule has 3 unspecified atom stereocenters. The van der Waals surface area contributed by atoms with Crippen molar-refractivity contribution in [2.45, 2.75) is 24.7 Å². The van der Waals surface area contributed by atoms with Crippen LogP contribution in [0, 0.1) is 15.9 Å². The van der Waals surface area contributed by atoms with Crippen molar-refractivity contribution in [2.75, 3.05) is 18.0 Å². The first-order valence-corrected chi connectivity index (χ1v) is 11.9. The number of hydrogen-bond donors (Lipinski definition) is 1. The fourth-order valence-corrected chi connectivity index (χ4v) is 4.52. The Morgan fingerprint density at radius 2 is 1.66 bits per heavy atom. The largest absolute Gasteiger partial charge is 0.469 e. The summed E-state index contributed by atoms with van der Waals surface area (Å²) in [4.78, 5) is 22.9. The average molecular weight is 501 g/mol. The summed E-state index contributed by atoms with van der Waals surface area (Å²) in [5, 5.41) is 11.0. The van der Waals surface area contributed by atoms with Gasteiger partial charge in [0.05, 0.1) is 23.6 Å². The van der Waals surface area contributed by atoms with Crippen molar-refractivity contribution < 1.29 is 27.6 Å². The first-order valence-electron chi connectivity index (χ1n) is 10.8. The van der Waals surface area contributed by atoms with E-state index in [0.29, 0.717) is 18.5 Å². The van der Waals surface area contributed by atoms with E-state index in [2.05, 4.69) is 0 Å². The number of carbonyl (C=O) groups excluding carboxylic acids is 1. The Morgan fingerprint density at radius 1 is 1.03 bits per heavy atom. The highest BCUT2D eigenvalue weighted by atomic mass is 32.2. The molecular formula is C25H25FN2O6S. The smallest absolute Gasteiger partial charge is 0.313 e. The molecule has 3 aromatic rings. The highest BCUT2D eigenvalue weighted by molar-refractivity contribution is 7.80. The van der Waals surface area contributed by atoms with Crippen LogP contribution in [-0.4, -0.2) is 33.3 Å². The molecule has 0 aromatic heterocycles. The number of methoxy groups -OCH3 is 1. The number of nitrogens with zero attached hydrogens (tertiary/aromatic N) is 2. The summed E-state index contributed by atoms with van der Waals surface area (Å²) in [6.45, 7) is 0.0508. The van der Waals surface area contributed by atoms with E-state index in [1.807, 2.05) is 30.3 Å². The maximum atomic E-state index is 13.6. The van der Waals surface area contributed by atoms with Gasteiger partial charge in [0.2, 0.25) is 0 Å². The van der Waals surface area contributed by atoms with Crippen molar-refractivity contribution in [3.63, 3.8) is 0 Å². The summed E-state index contributed by atoms with van der Waals surface area (Å²) >= 11 is -2.43. The van der Waals surface area contributed by atoms with Crippen LogP contribution < -0.4 is 4.31 Å². The van der Waals surface area contributed by atoms with E-state index in [1.54, 1.807) is 12.1 Å². The maximum Gasteiger partial charge on any atom is 0.313 e. The lowest BCUT2D eigenvalue weighted by atomic mass is 9.87. The van der Waals surface area contributed by atoms with Crippen molar-refractivity contribution in [1.29, 1.82) is 0 Å². The predicted molar refractivity (Wildman–Crippen MR) is 131 cm³/mol. The van der Waals surface area contributed by atoms with E-state index in [-0.39, 0.29) is 18.2 Å². The molecule has 0 radical (unpaired) electrons. The molecule has 3 atom stereocenters. The second kappa shape index (κ2) is 12.2. The zero-order valence-corrected chi connectivity index (χ0v) is 19.8. The monoisotopic (exact) mass is 500 g/mol. The first-order chi connectivity index (χ1) is 16.8. The van der Waals surface area contributed by atoms with E-state index in [9.17, 15) is 28.1 Å². The number of benzene rings is 3. The highest BCUT2D eigenvalue weighted by Crippen LogP contribution is 2.32. The number of nitro groups is 1. The highest BCUT2D eigenvalue weighted by Gasteiger charge is 2.26. The first kappa shape index (κ1) is 26.0. The number of nitro benzene ring substituents is 1. The molecule has 0 saturated heterocycles. The van der Waals surface area contributed by atoms with Crippen molar-refractivity contribution in [2.24, 2.45) is 0 Å². The molecule has 1 N–H and O–H groups in total. The van der Waals surface area contributed by atoms with Crippen molar-refractivity contribution in [3.8, 4) is 0 Å². The number of esters is 1. The number of anilines is 1. The lowest BCUT2D eigenvalue weighted by Crippen LogP contribution is -2.30. The van der Waals surface area contributed by atoms with Crippen LogP contribution in [0.5, 0.6) is 0 Å². The number of hydrogen-bond acceptors (Lipinski definition) is 5. The van der Waals surface area contributed by atoms with Crippen LogP contribution in [0.15, 0.2) is 78.9 Å². The van der Waals surface area contributed by atoms with Crippen LogP contribution in [0.4, 0.5) is 15.8 Å². The van der Waals surface area contributed by atoms with E-state index in [1.165, 1.54) is 47.8 Å². The molecule has 10 heteroatoms. The third kappa shape index (κ3) is 6.93. The van der Waals surface area contributed by atoms with Crippen molar-refractivity contribution in [3.05, 3.63) is 106 Å². The molecule has 35 heavy (non-hydrogen) atoms. The Labute approximate surface area is 204 Å². The van der Waals surface area contributed by atoms with Crippen molar-refractivity contribution in [1.82, 2.24) is 0 Å². The molecule has 3 aromatic carbocycles. The molecule has 0 bridgehead atoms. The molecule has 0 aliphatic carbocycles. The van der Waals surface area contributed by atoms with Crippen LogP contribution in [0.1, 0.15) is 35.8 Å². The van der Waals surface area contributed by atoms with Gasteiger partial charge in [0.15, 0.2) is 0 Å². The molecule has 0 saturated carbocycles. The lowest BCUT2D eigenvalue weighted by Gasteiger charge is -2.27. The molecule has 8 nitrogen and oxygen atoms in total. The van der Waals surface area contributed by atoms with Gasteiger partial charge >= 0.3 is 5.97 Å². The van der Waals surface area contributed by atoms with Gasteiger partial charge in [-0.3, -0.25) is 23.8 Å². The molecule has 0 amide bonds. The number of ether oxygens (including phenoxy) is 1. The summed E-state index contributed by atoms with van der Waals surface area (Å²) in [6.07, 6.45) is 0.797. The Bertz CT molecular complexity index is 1160. The topological polar surface area (TPSA) is 110 Å². The van der Waals surface area contributed by atoms with Crippen molar-refractivity contribution >= 4 is 28.6 Å². The quantitative estimate of drug-likeness (QED) is 0.168. The number of rotatable bonds is 11. The van der Waals surface area contributed by atoms with Gasteiger partial charge in [-0.15, -0.1) is 0 Å². The normalized spacial score (nSPS) is 13.5. The van der Waals surface area contributed by atoms with Crippen LogP contribution in [0.2, 0.25) is 0 Å². The molecule has 184 valence electrons. The minimum Gasteiger partial charge on any atom is -0.469 e. The Morgan fingerprint density at radius 3 is 2.20 bits per heavy atom. The third-order valence-electron chi connectivity index (χ3n) is 5.76. The fraction of sp³-hybridized carbons (Fsp3) is 0.240. The lowest BCUT2D eigenvalue weighted by molar-refractivity contribution is -0.384. The van der Waals surface area contributed by atoms with Crippen LogP contribution in [0.25, 0.3) is 0 Å². The standard InChI is InChI=1S/C25H25FN2O6S/c1-34-25(29)24(19-5-3-2-4-6-19)16-9-20(18-7-10-21(26)11-8-18)17-27(35(32)33)22-12-14-23(15-13-22)28(30)31/h2-8,10-15,20,24H,9,16-17H2,1H3,(H,32,33). The Kier molecular flexibility index (Phi) is 9.04. The molecule has 3 rings (SSSR count). The summed E-state index contributed by atoms with van der Waals surface area (Å²) in [5.41, 5.74) is 1.68. The summed E-state index contributed by atoms with van der Waals surface area (Å²) in [6, 6.07) is 20.3. The van der Waals surface area contributed by atoms with Gasteiger partial charge in [-0.25, -0.2) is 8.60 Å². The second-order valence-corrected chi connectivity index (χ2v) is 8.78. The third-order valence-corrected chi connectivity index (χ3v) is 6.49. The Balaban J connectivity index is 1.89. The fourth-order valence-electron chi connectivity index (χ4n) is 3.91. The molecule has 0 heterocycles. The van der Waals surface area contributed by atoms with Gasteiger partial charge in [0.25, 0.3) is 17.0 Å². The number of halogens is 1. The molecule has 0 fully saturated rings. The number of carbonyl (C=O) groups is 1. The SMILES string of the molecule is COC(=O)C(CCC(CN(c1ccc([N+](=O)[O-])cc1)S(=O)O)c1ccc(F)cc1)c1ccccc1. The van der Waals surface area contributed by atoms with Gasteiger partial charge in [-0.05, 0) is 48.2 Å². The number of non-ortho nitro benzene ring substituents is 1. The van der Waals surface area contributed by atoms with E-state index in [0.717, 1.165) is 11.1 Å². The van der Waals surface area contributed by atoms with Gasteiger partial charge < -0.3 is 4.74 Å². The van der Waals surface area contributed by atoms with Gasteiger partial charge in [0.1, 0.15) is 5.82 Å². The molecular weight excluding hydrogens is 475 g/mol. The minimum absolute atomic E-state index is 0.0508. The van der Waals surface area contributed by atoms with Crippen LogP contribution in [0.3, 0.4) is 0 Å². The zero-order valence-electron chi connectivity index (χ0n) is 19.0. The van der Waals surface area contributed by atoms with Gasteiger partial charge in [-0.1, -0.05) is 42.5 Å². The van der Waals surface area contributed by atoms with E-state index < -0.39 is 33.9 Å². The molecule has 0 aliphatic rings. The van der Waals surface area contributed by atoms with Crippen LogP contribution in [-0.2, 0) is 20.8 Å². The van der Waals surface area contributed by atoms with E-state index >= 15 is 0 Å². The molecule has 0 spiro atoms. The average Bonchev–Trinajstić information content (AvgIpc) is 2.87. The summed E-state index contributed by atoms with van der Waals surface area (Å²) in [7, 11) is 1.32. The second-order valence-electron chi connectivity index (χ2n) is 7.88. The summed E-state index contributed by atoms with van der Waals surface area (Å²) < 4.78 is 42.0. The van der Waals surface area contributed by atoms with Gasteiger partial charge in [-0.2, -0.15) is 0 Å². The predicted octanol–water partition coefficient (Wildman–Crippen LogP) is 5.20. The summed E-state index contributed by atoms with van der Waals surface area (Å²) in [5.74, 6) is -1.72. The Hall–Kier alpha value is -3.63.